The van der Waals surface area contributed by atoms with Crippen LogP contribution in [0, 0.1) is 12.8 Å². The van der Waals surface area contributed by atoms with Crippen LogP contribution in [-0.4, -0.2) is 44.1 Å². The van der Waals surface area contributed by atoms with Crippen molar-refractivity contribution >= 4 is 5.91 Å². The summed E-state index contributed by atoms with van der Waals surface area (Å²) in [6, 6.07) is -0.426. The lowest BCUT2D eigenvalue weighted by atomic mass is 9.86. The Morgan fingerprint density at radius 3 is 2.68 bits per heavy atom. The predicted octanol–water partition coefficient (Wildman–Crippen LogP) is 1.08. The minimum Gasteiger partial charge on any atom is -0.368 e. The van der Waals surface area contributed by atoms with E-state index in [1.807, 2.05) is 16.4 Å². The number of carbonyl (C=O) groups is 1. The van der Waals surface area contributed by atoms with E-state index in [1.54, 1.807) is 0 Å². The maximum atomic E-state index is 13.3. The Morgan fingerprint density at radius 2 is 2.05 bits per heavy atom. The maximum absolute atomic E-state index is 13.3. The Balaban J connectivity index is 1.71. The smallest absolute Gasteiger partial charge is 0.248 e. The van der Waals surface area contributed by atoms with Gasteiger partial charge in [-0.15, -0.1) is 10.2 Å². The molecule has 8 heteroatoms. The second-order valence-corrected chi connectivity index (χ2v) is 6.42. The Morgan fingerprint density at radius 1 is 1.36 bits per heavy atom. The van der Waals surface area contributed by atoms with Crippen LogP contribution in [0.3, 0.4) is 0 Å². The van der Waals surface area contributed by atoms with Crippen molar-refractivity contribution in [2.45, 2.75) is 57.7 Å². The van der Waals surface area contributed by atoms with E-state index in [4.69, 9.17) is 5.73 Å². The van der Waals surface area contributed by atoms with E-state index in [9.17, 15) is 13.6 Å². The number of alkyl halides is 2. The lowest BCUT2D eigenvalue weighted by Crippen LogP contribution is -2.52. The molecule has 0 saturated heterocycles. The molecule has 122 valence electrons. The van der Waals surface area contributed by atoms with Crippen molar-refractivity contribution in [3.8, 4) is 0 Å². The molecule has 1 atom stereocenters. The number of fused-ring (bicyclic) bond motifs is 1. The van der Waals surface area contributed by atoms with Gasteiger partial charge in [-0.1, -0.05) is 0 Å². The zero-order valence-electron chi connectivity index (χ0n) is 12.6. The highest BCUT2D eigenvalue weighted by Gasteiger charge is 2.38. The van der Waals surface area contributed by atoms with Gasteiger partial charge in [0.2, 0.25) is 11.8 Å². The number of rotatable bonds is 3. The molecule has 1 unspecified atom stereocenters. The van der Waals surface area contributed by atoms with Crippen molar-refractivity contribution in [3.05, 3.63) is 11.6 Å². The van der Waals surface area contributed by atoms with Crippen LogP contribution in [0.15, 0.2) is 0 Å². The summed E-state index contributed by atoms with van der Waals surface area (Å²) in [7, 11) is 0. The van der Waals surface area contributed by atoms with Crippen molar-refractivity contribution in [2.75, 3.05) is 6.54 Å². The first kappa shape index (κ1) is 15.3. The fourth-order valence-corrected chi connectivity index (χ4v) is 3.44. The highest BCUT2D eigenvalue weighted by molar-refractivity contribution is 5.79. The number of aryl methyl sites for hydroxylation is 1. The molecule has 0 aromatic carbocycles. The van der Waals surface area contributed by atoms with Gasteiger partial charge >= 0.3 is 0 Å². The number of amides is 1. The third-order valence-corrected chi connectivity index (χ3v) is 4.81. The van der Waals surface area contributed by atoms with Gasteiger partial charge in [0.05, 0.1) is 13.1 Å². The van der Waals surface area contributed by atoms with Crippen LogP contribution >= 0.6 is 0 Å². The van der Waals surface area contributed by atoms with E-state index in [-0.39, 0.29) is 24.7 Å². The van der Waals surface area contributed by atoms with Gasteiger partial charge in [0.25, 0.3) is 0 Å². The van der Waals surface area contributed by atoms with Gasteiger partial charge in [0, 0.05) is 19.4 Å². The van der Waals surface area contributed by atoms with E-state index >= 15 is 0 Å². The second-order valence-electron chi connectivity index (χ2n) is 6.42. The predicted molar refractivity (Wildman–Crippen MR) is 75.1 cm³/mol. The number of hydrogen-bond acceptors (Lipinski definition) is 4. The summed E-state index contributed by atoms with van der Waals surface area (Å²) in [4.78, 5) is 13.7. The molecule has 1 aromatic heterocycles. The summed E-state index contributed by atoms with van der Waals surface area (Å²) in [6.45, 7) is 3.37. The number of aromatic nitrogens is 3. The largest absolute Gasteiger partial charge is 0.368 e. The second kappa shape index (κ2) is 5.57. The molecule has 1 fully saturated rings. The number of primary amides is 1. The molecule has 1 aliphatic heterocycles. The van der Waals surface area contributed by atoms with Crippen molar-refractivity contribution in [1.29, 1.82) is 0 Å². The molecule has 6 nitrogen and oxygen atoms in total. The Kier molecular flexibility index (Phi) is 3.88. The molecule has 0 spiro atoms. The van der Waals surface area contributed by atoms with E-state index in [1.165, 1.54) is 0 Å². The average molecular weight is 313 g/mol. The third-order valence-electron chi connectivity index (χ3n) is 4.81. The van der Waals surface area contributed by atoms with Gasteiger partial charge < -0.3 is 10.3 Å². The fourth-order valence-electron chi connectivity index (χ4n) is 3.44. The first-order valence-corrected chi connectivity index (χ1v) is 7.65. The first-order valence-electron chi connectivity index (χ1n) is 7.65. The Hall–Kier alpha value is -1.57. The third kappa shape index (κ3) is 2.97. The quantitative estimate of drug-likeness (QED) is 0.906. The Labute approximate surface area is 127 Å². The minimum absolute atomic E-state index is 0.0674. The molecule has 1 amide bonds. The summed E-state index contributed by atoms with van der Waals surface area (Å²) < 4.78 is 28.4. The number of hydrogen-bond donors (Lipinski definition) is 1. The molecular weight excluding hydrogens is 292 g/mol. The van der Waals surface area contributed by atoms with Crippen molar-refractivity contribution < 1.29 is 13.6 Å². The number of nitrogens with two attached hydrogens (primary N) is 1. The molecule has 3 rings (SSSR count). The zero-order chi connectivity index (χ0) is 15.9. The van der Waals surface area contributed by atoms with Crippen molar-refractivity contribution in [2.24, 2.45) is 11.7 Å². The van der Waals surface area contributed by atoms with Crippen LogP contribution < -0.4 is 5.73 Å². The SMILES string of the molecule is Cc1nnc2n1CC(C(N)=O)N(CC1CCC(F)(F)CC1)C2. The first-order chi connectivity index (χ1) is 10.4. The molecule has 0 radical (unpaired) electrons. The summed E-state index contributed by atoms with van der Waals surface area (Å²) in [6.07, 6.45) is 0.839. The van der Waals surface area contributed by atoms with Crippen LogP contribution in [0.2, 0.25) is 0 Å². The van der Waals surface area contributed by atoms with Crippen molar-refractivity contribution in [3.63, 3.8) is 0 Å². The lowest BCUT2D eigenvalue weighted by molar-refractivity contribution is -0.125. The molecule has 2 N–H and O–H groups in total. The fraction of sp³-hybridized carbons (Fsp3) is 0.786. The van der Waals surface area contributed by atoms with Gasteiger partial charge in [-0.25, -0.2) is 8.78 Å². The molecule has 22 heavy (non-hydrogen) atoms. The van der Waals surface area contributed by atoms with Crippen LogP contribution in [0.25, 0.3) is 0 Å². The van der Waals surface area contributed by atoms with Gasteiger partial charge in [0.1, 0.15) is 17.7 Å². The van der Waals surface area contributed by atoms with E-state index in [2.05, 4.69) is 10.2 Å². The molecule has 1 aromatic rings. The number of nitrogens with zero attached hydrogens (tertiary/aromatic N) is 4. The van der Waals surface area contributed by atoms with E-state index < -0.39 is 12.0 Å². The zero-order valence-corrected chi connectivity index (χ0v) is 12.6. The van der Waals surface area contributed by atoms with Gasteiger partial charge in [0.15, 0.2) is 0 Å². The van der Waals surface area contributed by atoms with Gasteiger partial charge in [-0.2, -0.15) is 0 Å². The highest BCUT2D eigenvalue weighted by atomic mass is 19.3. The summed E-state index contributed by atoms with van der Waals surface area (Å²) in [5.41, 5.74) is 5.53. The molecule has 2 aliphatic rings. The molecule has 0 bridgehead atoms. The minimum atomic E-state index is -2.53. The molecule has 1 aliphatic carbocycles. The standard InChI is InChI=1S/C14H21F2N5O/c1-9-18-19-12-8-20(11(13(17)22)7-21(9)12)6-10-2-4-14(15,16)5-3-10/h10-11H,2-8H2,1H3,(H2,17,22). The summed E-state index contributed by atoms with van der Waals surface area (Å²) >= 11 is 0. The van der Waals surface area contributed by atoms with E-state index in [0.717, 1.165) is 11.6 Å². The molecule has 2 heterocycles. The van der Waals surface area contributed by atoms with Crippen LogP contribution in [0.4, 0.5) is 8.78 Å². The van der Waals surface area contributed by atoms with E-state index in [0.29, 0.717) is 32.5 Å². The topological polar surface area (TPSA) is 77.0 Å². The average Bonchev–Trinajstić information content (AvgIpc) is 2.81. The Bertz CT molecular complexity index is 564. The molecular formula is C14H21F2N5O. The number of halogens is 2. The maximum Gasteiger partial charge on any atom is 0.248 e. The summed E-state index contributed by atoms with van der Waals surface area (Å²) in [5.74, 6) is -1.18. The van der Waals surface area contributed by atoms with Crippen molar-refractivity contribution in [1.82, 2.24) is 19.7 Å². The molecule has 1 saturated carbocycles. The van der Waals surface area contributed by atoms with Crippen LogP contribution in [0.5, 0.6) is 0 Å². The van der Waals surface area contributed by atoms with Gasteiger partial charge in [-0.3, -0.25) is 9.69 Å². The lowest BCUT2D eigenvalue weighted by Gasteiger charge is -2.38. The van der Waals surface area contributed by atoms with Gasteiger partial charge in [-0.05, 0) is 25.7 Å². The normalized spacial score (nSPS) is 25.9. The monoisotopic (exact) mass is 313 g/mol. The summed E-state index contributed by atoms with van der Waals surface area (Å²) in [5, 5.41) is 8.14. The van der Waals surface area contributed by atoms with Crippen LogP contribution in [-0.2, 0) is 17.9 Å². The number of carbonyl (C=O) groups excluding carboxylic acids is 1. The highest BCUT2D eigenvalue weighted by Crippen LogP contribution is 2.37. The van der Waals surface area contributed by atoms with Crippen LogP contribution in [0.1, 0.15) is 37.3 Å².